The highest BCUT2D eigenvalue weighted by Gasteiger charge is 2.39. The summed E-state index contributed by atoms with van der Waals surface area (Å²) in [5.41, 5.74) is -0.764. The van der Waals surface area contributed by atoms with Crippen molar-refractivity contribution in [3.05, 3.63) is 0 Å². The zero-order valence-electron chi connectivity index (χ0n) is 11.1. The van der Waals surface area contributed by atoms with Gasteiger partial charge in [0.05, 0.1) is 0 Å². The minimum absolute atomic E-state index is 0.239. The lowest BCUT2D eigenvalue weighted by molar-refractivity contribution is -0.0347. The van der Waals surface area contributed by atoms with Gasteiger partial charge in [-0.2, -0.15) is 0 Å². The van der Waals surface area contributed by atoms with Crippen LogP contribution in [0.25, 0.3) is 0 Å². The Morgan fingerprint density at radius 2 is 2.12 bits per heavy atom. The highest BCUT2D eigenvalue weighted by atomic mass is 16.3. The van der Waals surface area contributed by atoms with Gasteiger partial charge in [-0.3, -0.25) is 0 Å². The van der Waals surface area contributed by atoms with E-state index < -0.39 is 5.60 Å². The highest BCUT2D eigenvalue weighted by Crippen LogP contribution is 2.30. The summed E-state index contributed by atoms with van der Waals surface area (Å²) in [4.78, 5) is 2.30. The van der Waals surface area contributed by atoms with Gasteiger partial charge in [0, 0.05) is 31.3 Å². The third-order valence-electron chi connectivity index (χ3n) is 3.70. The molecule has 92 valence electrons. The molecule has 0 aromatic rings. The van der Waals surface area contributed by atoms with Gasteiger partial charge in [-0.05, 0) is 20.4 Å². The second-order valence-corrected chi connectivity index (χ2v) is 5.22. The summed E-state index contributed by atoms with van der Waals surface area (Å²) in [6, 6.07) is 0.418. The molecule has 1 saturated heterocycles. The van der Waals surface area contributed by atoms with E-state index in [9.17, 15) is 5.11 Å². The topological polar surface area (TPSA) is 23.5 Å². The summed E-state index contributed by atoms with van der Waals surface area (Å²) in [6.45, 7) is 7.35. The van der Waals surface area contributed by atoms with Crippen LogP contribution in [0.15, 0.2) is 0 Å². The quantitative estimate of drug-likeness (QED) is 0.573. The zero-order valence-corrected chi connectivity index (χ0v) is 11.1. The van der Waals surface area contributed by atoms with Gasteiger partial charge in [0.1, 0.15) is 5.60 Å². The first-order valence-electron chi connectivity index (χ1n) is 6.42. The Labute approximate surface area is 100 Å². The molecule has 1 fully saturated rings. The summed E-state index contributed by atoms with van der Waals surface area (Å²) in [5, 5.41) is 10.5. The van der Waals surface area contributed by atoms with Crippen LogP contribution in [-0.4, -0.2) is 35.2 Å². The van der Waals surface area contributed by atoms with Crippen LogP contribution in [0.1, 0.15) is 46.5 Å². The molecule has 2 nitrogen and oxygen atoms in total. The fourth-order valence-corrected chi connectivity index (χ4v) is 2.23. The summed E-state index contributed by atoms with van der Waals surface area (Å²) in [6.07, 6.45) is 3.98. The summed E-state index contributed by atoms with van der Waals surface area (Å²) < 4.78 is 0. The molecule has 2 heteroatoms. The van der Waals surface area contributed by atoms with E-state index in [0.29, 0.717) is 6.04 Å². The SMILES string of the molecule is CCCCC#CC1(O)CC(C)N(C)CC1C. The predicted molar refractivity (Wildman–Crippen MR) is 68.1 cm³/mol. The van der Waals surface area contributed by atoms with Crippen molar-refractivity contribution in [1.82, 2.24) is 4.90 Å². The molecule has 0 saturated carbocycles. The third-order valence-corrected chi connectivity index (χ3v) is 3.70. The van der Waals surface area contributed by atoms with Crippen molar-refractivity contribution >= 4 is 0 Å². The maximum atomic E-state index is 10.5. The number of hydrogen-bond acceptors (Lipinski definition) is 2. The van der Waals surface area contributed by atoms with Gasteiger partial charge in [-0.25, -0.2) is 0 Å². The van der Waals surface area contributed by atoms with Gasteiger partial charge in [-0.1, -0.05) is 26.2 Å². The number of unbranched alkanes of at least 4 members (excludes halogenated alkanes) is 2. The van der Waals surface area contributed by atoms with Gasteiger partial charge in [0.25, 0.3) is 0 Å². The molecule has 0 aromatic heterocycles. The molecule has 3 unspecified atom stereocenters. The van der Waals surface area contributed by atoms with Crippen LogP contribution in [0.3, 0.4) is 0 Å². The van der Waals surface area contributed by atoms with Crippen LogP contribution in [0.2, 0.25) is 0 Å². The standard InChI is InChI=1S/C14H25NO/c1-5-6-7-8-9-14(16)10-13(3)15(4)11-12(14)2/h12-13,16H,5-7,10-11H2,1-4H3. The summed E-state index contributed by atoms with van der Waals surface area (Å²) in [7, 11) is 2.12. The Kier molecular flexibility index (Phi) is 4.83. The van der Waals surface area contributed by atoms with Crippen molar-refractivity contribution in [1.29, 1.82) is 0 Å². The molecule has 0 aliphatic carbocycles. The molecule has 1 aliphatic heterocycles. The molecule has 0 radical (unpaired) electrons. The van der Waals surface area contributed by atoms with Crippen molar-refractivity contribution in [2.75, 3.05) is 13.6 Å². The van der Waals surface area contributed by atoms with Crippen molar-refractivity contribution in [3.8, 4) is 11.8 Å². The van der Waals surface area contributed by atoms with Crippen molar-refractivity contribution in [2.45, 2.75) is 58.1 Å². The molecule has 16 heavy (non-hydrogen) atoms. The fourth-order valence-electron chi connectivity index (χ4n) is 2.23. The van der Waals surface area contributed by atoms with E-state index >= 15 is 0 Å². The van der Waals surface area contributed by atoms with Crippen LogP contribution >= 0.6 is 0 Å². The Morgan fingerprint density at radius 3 is 2.75 bits per heavy atom. The monoisotopic (exact) mass is 223 g/mol. The molecular formula is C14H25NO. The number of likely N-dealkylation sites (tertiary alicyclic amines) is 1. The first kappa shape index (κ1) is 13.5. The molecule has 0 bridgehead atoms. The van der Waals surface area contributed by atoms with Gasteiger partial charge in [-0.15, -0.1) is 5.92 Å². The van der Waals surface area contributed by atoms with Crippen LogP contribution in [0, 0.1) is 17.8 Å². The number of hydrogen-bond donors (Lipinski definition) is 1. The maximum Gasteiger partial charge on any atom is 0.130 e. The number of rotatable bonds is 2. The molecular weight excluding hydrogens is 198 g/mol. The Balaban J connectivity index is 2.63. The molecule has 0 amide bonds. The molecule has 1 aliphatic rings. The van der Waals surface area contributed by atoms with E-state index in [2.05, 4.69) is 44.6 Å². The van der Waals surface area contributed by atoms with Crippen LogP contribution in [0.5, 0.6) is 0 Å². The Morgan fingerprint density at radius 1 is 1.44 bits per heavy atom. The van der Waals surface area contributed by atoms with Crippen molar-refractivity contribution in [2.24, 2.45) is 5.92 Å². The molecule has 0 spiro atoms. The lowest BCUT2D eigenvalue weighted by Crippen LogP contribution is -2.52. The Hall–Kier alpha value is -0.520. The summed E-state index contributed by atoms with van der Waals surface area (Å²) >= 11 is 0. The van der Waals surface area contributed by atoms with Crippen molar-refractivity contribution in [3.63, 3.8) is 0 Å². The summed E-state index contributed by atoms with van der Waals surface area (Å²) in [5.74, 6) is 6.49. The fraction of sp³-hybridized carbons (Fsp3) is 0.857. The van der Waals surface area contributed by atoms with Crippen LogP contribution in [0.4, 0.5) is 0 Å². The lowest BCUT2D eigenvalue weighted by atomic mass is 9.79. The molecule has 1 N–H and O–H groups in total. The van der Waals surface area contributed by atoms with E-state index in [1.165, 1.54) is 6.42 Å². The first-order valence-corrected chi connectivity index (χ1v) is 6.42. The Bertz CT molecular complexity index is 278. The van der Waals surface area contributed by atoms with E-state index in [-0.39, 0.29) is 5.92 Å². The zero-order chi connectivity index (χ0) is 12.2. The lowest BCUT2D eigenvalue weighted by Gasteiger charge is -2.42. The number of aliphatic hydroxyl groups is 1. The van der Waals surface area contributed by atoms with E-state index in [4.69, 9.17) is 0 Å². The van der Waals surface area contributed by atoms with Gasteiger partial charge < -0.3 is 10.0 Å². The van der Waals surface area contributed by atoms with Gasteiger partial charge in [0.15, 0.2) is 0 Å². The molecule has 1 heterocycles. The van der Waals surface area contributed by atoms with Gasteiger partial charge in [0.2, 0.25) is 0 Å². The van der Waals surface area contributed by atoms with Crippen LogP contribution < -0.4 is 0 Å². The number of nitrogens with zero attached hydrogens (tertiary/aromatic N) is 1. The predicted octanol–water partition coefficient (Wildman–Crippen LogP) is 2.27. The van der Waals surface area contributed by atoms with E-state index in [1.807, 2.05) is 0 Å². The van der Waals surface area contributed by atoms with E-state index in [1.54, 1.807) is 0 Å². The number of piperidine rings is 1. The molecule has 3 atom stereocenters. The minimum Gasteiger partial charge on any atom is -0.377 e. The molecule has 0 aromatic carbocycles. The van der Waals surface area contributed by atoms with E-state index in [0.717, 1.165) is 25.8 Å². The average molecular weight is 223 g/mol. The normalized spacial score (nSPS) is 35.6. The minimum atomic E-state index is -0.764. The average Bonchev–Trinajstić information content (AvgIpc) is 2.22. The highest BCUT2D eigenvalue weighted by molar-refractivity contribution is 5.18. The second kappa shape index (κ2) is 5.70. The van der Waals surface area contributed by atoms with Crippen molar-refractivity contribution < 1.29 is 5.11 Å². The smallest absolute Gasteiger partial charge is 0.130 e. The third kappa shape index (κ3) is 3.23. The first-order chi connectivity index (χ1) is 7.49. The second-order valence-electron chi connectivity index (χ2n) is 5.22. The van der Waals surface area contributed by atoms with Gasteiger partial charge >= 0.3 is 0 Å². The largest absolute Gasteiger partial charge is 0.377 e. The maximum absolute atomic E-state index is 10.5. The van der Waals surface area contributed by atoms with Crippen LogP contribution in [-0.2, 0) is 0 Å². The molecule has 1 rings (SSSR count).